The van der Waals surface area contributed by atoms with Crippen molar-refractivity contribution in [3.05, 3.63) is 38.4 Å². The molecule has 13 heteroatoms. The topological polar surface area (TPSA) is 137 Å². The van der Waals surface area contributed by atoms with Crippen molar-refractivity contribution in [1.29, 1.82) is 0 Å². The molecule has 2 aromatic rings. The fourth-order valence-electron chi connectivity index (χ4n) is 1.54. The number of ether oxygens (including phenoxy) is 1. The van der Waals surface area contributed by atoms with E-state index >= 15 is 0 Å². The summed E-state index contributed by atoms with van der Waals surface area (Å²) in [4.78, 5) is 22.4. The summed E-state index contributed by atoms with van der Waals surface area (Å²) in [6.45, 7) is 1.28. The molecule has 0 saturated carbocycles. The molecule has 2 rings (SSSR count). The van der Waals surface area contributed by atoms with Gasteiger partial charge in [0.1, 0.15) is 12.3 Å². The molecule has 1 aromatic heterocycles. The number of hydrogen-bond donors (Lipinski definition) is 1. The van der Waals surface area contributed by atoms with E-state index in [1.807, 2.05) is 0 Å². The Hall–Kier alpha value is -2.79. The highest BCUT2D eigenvalue weighted by atomic mass is 35.5. The highest BCUT2D eigenvalue weighted by Gasteiger charge is 2.15. The van der Waals surface area contributed by atoms with Crippen molar-refractivity contribution in [2.45, 2.75) is 13.5 Å². The van der Waals surface area contributed by atoms with Gasteiger partial charge in [0.05, 0.1) is 20.9 Å². The maximum absolute atomic E-state index is 11.7. The molecule has 0 aliphatic carbocycles. The van der Waals surface area contributed by atoms with Gasteiger partial charge in [0.15, 0.2) is 6.61 Å². The summed E-state index contributed by atoms with van der Waals surface area (Å²) < 4.78 is 5.25. The zero-order valence-corrected chi connectivity index (χ0v) is 14.2. The van der Waals surface area contributed by atoms with E-state index in [9.17, 15) is 14.9 Å². The molecule has 0 radical (unpaired) electrons. The van der Waals surface area contributed by atoms with Gasteiger partial charge in [-0.1, -0.05) is 28.0 Å². The molecular weight excluding hydrogens is 377 g/mol. The molecule has 0 fully saturated rings. The maximum Gasteiger partial charge on any atom is 0.514 e. The van der Waals surface area contributed by atoms with Crippen molar-refractivity contribution in [3.8, 4) is 5.75 Å². The molecule has 0 atom stereocenters. The van der Waals surface area contributed by atoms with Crippen LogP contribution in [0.5, 0.6) is 5.75 Å². The molecule has 132 valence electrons. The van der Waals surface area contributed by atoms with Crippen molar-refractivity contribution in [1.82, 2.24) is 25.6 Å². The van der Waals surface area contributed by atoms with Crippen LogP contribution in [0.2, 0.25) is 10.0 Å². The highest BCUT2D eigenvalue weighted by molar-refractivity contribution is 6.35. The summed E-state index contributed by atoms with van der Waals surface area (Å²) in [5, 5.41) is 25.2. The molecule has 1 heterocycles. The van der Waals surface area contributed by atoms with Gasteiger partial charge in [-0.2, -0.15) is 5.10 Å². The van der Waals surface area contributed by atoms with Crippen LogP contribution >= 0.6 is 23.2 Å². The Balaban J connectivity index is 1.83. The lowest BCUT2D eigenvalue weighted by Crippen LogP contribution is -2.26. The van der Waals surface area contributed by atoms with Crippen LogP contribution in [0.4, 0.5) is 5.95 Å². The number of nitrogens with one attached hydrogen (secondary N) is 1. The number of benzene rings is 1. The Kier molecular flexibility index (Phi) is 6.19. The SMILES string of the molecule is C/C(Cn1nnc([N+](=O)[O-])n1)=N\NC(=O)COc1ccc(Cl)cc1Cl. The average molecular weight is 388 g/mol. The van der Waals surface area contributed by atoms with E-state index in [1.165, 1.54) is 12.1 Å². The molecule has 0 aliphatic heterocycles. The number of nitrogens with zero attached hydrogens (tertiary/aromatic N) is 6. The quantitative estimate of drug-likeness (QED) is 0.431. The summed E-state index contributed by atoms with van der Waals surface area (Å²) in [7, 11) is 0. The number of aromatic nitrogens is 4. The molecular formula is C12H11Cl2N7O4. The number of carbonyl (C=O) groups is 1. The molecule has 0 unspecified atom stereocenters. The highest BCUT2D eigenvalue weighted by Crippen LogP contribution is 2.27. The number of amides is 1. The number of carbonyl (C=O) groups excluding carboxylic acids is 1. The summed E-state index contributed by atoms with van der Waals surface area (Å²) in [5.74, 6) is -0.839. The second-order valence-electron chi connectivity index (χ2n) is 4.62. The molecule has 1 amide bonds. The third kappa shape index (κ3) is 5.65. The zero-order chi connectivity index (χ0) is 18.4. The lowest BCUT2D eigenvalue weighted by Gasteiger charge is -2.07. The third-order valence-electron chi connectivity index (χ3n) is 2.60. The fraction of sp³-hybridized carbons (Fsp3) is 0.250. The average Bonchev–Trinajstić information content (AvgIpc) is 3.01. The van der Waals surface area contributed by atoms with E-state index in [-0.39, 0.29) is 18.2 Å². The summed E-state index contributed by atoms with van der Waals surface area (Å²) in [6, 6.07) is 4.60. The maximum atomic E-state index is 11.7. The van der Waals surface area contributed by atoms with Crippen LogP contribution in [0.3, 0.4) is 0 Å². The summed E-state index contributed by atoms with van der Waals surface area (Å²) in [5.41, 5.74) is 2.66. The Morgan fingerprint density at radius 2 is 2.24 bits per heavy atom. The minimum Gasteiger partial charge on any atom is -0.482 e. The van der Waals surface area contributed by atoms with Crippen molar-refractivity contribution in [2.75, 3.05) is 6.61 Å². The van der Waals surface area contributed by atoms with Crippen LogP contribution in [0.15, 0.2) is 23.3 Å². The smallest absolute Gasteiger partial charge is 0.482 e. The van der Waals surface area contributed by atoms with Crippen molar-refractivity contribution in [3.63, 3.8) is 0 Å². The van der Waals surface area contributed by atoms with Gasteiger partial charge in [-0.25, -0.2) is 5.43 Å². The predicted molar refractivity (Wildman–Crippen MR) is 87.7 cm³/mol. The van der Waals surface area contributed by atoms with E-state index in [2.05, 4.69) is 25.9 Å². The molecule has 0 aliphatic rings. The van der Waals surface area contributed by atoms with Crippen molar-refractivity contribution >= 4 is 40.8 Å². The van der Waals surface area contributed by atoms with Crippen LogP contribution in [0.25, 0.3) is 0 Å². The Morgan fingerprint density at radius 1 is 1.48 bits per heavy atom. The number of nitro groups is 1. The van der Waals surface area contributed by atoms with Crippen LogP contribution in [0, 0.1) is 10.1 Å². The molecule has 0 spiro atoms. The number of halogens is 2. The molecule has 0 bridgehead atoms. The number of rotatable bonds is 7. The van der Waals surface area contributed by atoms with Gasteiger partial charge in [-0.3, -0.25) is 4.79 Å². The summed E-state index contributed by atoms with van der Waals surface area (Å²) >= 11 is 11.7. The third-order valence-corrected chi connectivity index (χ3v) is 3.13. The minimum absolute atomic E-state index is 0.0188. The van der Waals surface area contributed by atoms with E-state index in [0.29, 0.717) is 16.5 Å². The molecule has 25 heavy (non-hydrogen) atoms. The minimum atomic E-state index is -0.767. The van der Waals surface area contributed by atoms with Crippen LogP contribution in [0.1, 0.15) is 6.92 Å². The molecule has 1 aromatic carbocycles. The first kappa shape index (κ1) is 18.5. The van der Waals surface area contributed by atoms with Crippen LogP contribution < -0.4 is 10.2 Å². The van der Waals surface area contributed by atoms with Crippen molar-refractivity contribution in [2.24, 2.45) is 5.10 Å². The van der Waals surface area contributed by atoms with Gasteiger partial charge in [0.25, 0.3) is 5.91 Å². The van der Waals surface area contributed by atoms with E-state index in [4.69, 9.17) is 27.9 Å². The van der Waals surface area contributed by atoms with Crippen molar-refractivity contribution < 1.29 is 14.5 Å². The fourth-order valence-corrected chi connectivity index (χ4v) is 2.00. The Morgan fingerprint density at radius 3 is 2.88 bits per heavy atom. The van der Waals surface area contributed by atoms with E-state index in [1.54, 1.807) is 13.0 Å². The van der Waals surface area contributed by atoms with Gasteiger partial charge in [-0.15, -0.1) is 0 Å². The first-order valence-electron chi connectivity index (χ1n) is 6.67. The Labute approximate surface area is 150 Å². The first-order valence-corrected chi connectivity index (χ1v) is 7.43. The zero-order valence-electron chi connectivity index (χ0n) is 12.7. The number of tetrazole rings is 1. The first-order chi connectivity index (χ1) is 11.8. The van der Waals surface area contributed by atoms with Gasteiger partial charge >= 0.3 is 5.95 Å². The van der Waals surface area contributed by atoms with Gasteiger partial charge in [-0.05, 0) is 30.0 Å². The van der Waals surface area contributed by atoms with Gasteiger partial charge < -0.3 is 14.9 Å². The largest absolute Gasteiger partial charge is 0.514 e. The normalized spacial score (nSPS) is 11.2. The van der Waals surface area contributed by atoms with E-state index < -0.39 is 16.8 Å². The van der Waals surface area contributed by atoms with E-state index in [0.717, 1.165) is 4.80 Å². The van der Waals surface area contributed by atoms with Gasteiger partial charge in [0.2, 0.25) is 0 Å². The van der Waals surface area contributed by atoms with Crippen LogP contribution in [-0.4, -0.2) is 43.4 Å². The Bertz CT molecular complexity index is 824. The second kappa shape index (κ2) is 8.35. The standard InChI is InChI=1S/C12H11Cl2N7O4/c1-7(5-20-18-12(17-19-20)21(23)24)15-16-11(22)6-25-10-3-2-8(13)4-9(10)14/h2-4H,5-6H2,1H3,(H,16,22)/b15-7+. The predicted octanol–water partition coefficient (Wildman–Crippen LogP) is 1.46. The number of hydrazone groups is 1. The second-order valence-corrected chi connectivity index (χ2v) is 5.47. The molecule has 11 nitrogen and oxygen atoms in total. The monoisotopic (exact) mass is 387 g/mol. The molecule has 0 saturated heterocycles. The summed E-state index contributed by atoms with van der Waals surface area (Å²) in [6.07, 6.45) is 0. The lowest BCUT2D eigenvalue weighted by atomic mass is 10.3. The molecule has 1 N–H and O–H groups in total. The van der Waals surface area contributed by atoms with Gasteiger partial charge in [0, 0.05) is 10.2 Å². The number of hydrogen-bond acceptors (Lipinski definition) is 8. The lowest BCUT2D eigenvalue weighted by molar-refractivity contribution is -0.394. The van der Waals surface area contributed by atoms with Crippen LogP contribution in [-0.2, 0) is 11.3 Å².